The summed E-state index contributed by atoms with van der Waals surface area (Å²) >= 11 is 0. The molecule has 0 unspecified atom stereocenters. The van der Waals surface area contributed by atoms with E-state index in [0.717, 1.165) is 0 Å². The second-order valence-corrected chi connectivity index (χ2v) is 5.52. The zero-order valence-corrected chi connectivity index (χ0v) is 17.0. The lowest BCUT2D eigenvalue weighted by Gasteiger charge is -2.20. The van der Waals surface area contributed by atoms with Crippen LogP contribution in [0.5, 0.6) is 11.5 Å². The molecule has 0 fully saturated rings. The summed E-state index contributed by atoms with van der Waals surface area (Å²) in [4.78, 5) is 11.9. The van der Waals surface area contributed by atoms with E-state index in [2.05, 4.69) is 0 Å². The molecule has 0 aliphatic heterocycles. The van der Waals surface area contributed by atoms with Crippen molar-refractivity contribution >= 4 is 5.78 Å². The van der Waals surface area contributed by atoms with Crippen LogP contribution >= 0.6 is 0 Å². The Balaban J connectivity index is 2.82. The molecule has 0 bridgehead atoms. The van der Waals surface area contributed by atoms with Crippen molar-refractivity contribution in [1.82, 2.24) is 0 Å². The molecule has 0 saturated heterocycles. The van der Waals surface area contributed by atoms with Crippen molar-refractivity contribution in [3.05, 3.63) is 23.8 Å². The summed E-state index contributed by atoms with van der Waals surface area (Å²) in [6, 6.07) is 5.08. The fourth-order valence-electron chi connectivity index (χ4n) is 2.36. The molecule has 1 aromatic rings. The average molecular weight is 384 g/mol. The second kappa shape index (κ2) is 13.5. The number of ketones is 1. The molecular formula is C20H32O7. The molecule has 7 heteroatoms. The lowest BCUT2D eigenvalue weighted by molar-refractivity contribution is -0.153. The maximum atomic E-state index is 11.9. The molecule has 0 atom stereocenters. The number of hydrogen-bond donors (Lipinski definition) is 0. The Labute approximate surface area is 161 Å². The molecule has 0 radical (unpaired) electrons. The summed E-state index contributed by atoms with van der Waals surface area (Å²) in [5.41, 5.74) is 0.472. The highest BCUT2D eigenvalue weighted by Crippen LogP contribution is 2.26. The summed E-state index contributed by atoms with van der Waals surface area (Å²) < 4.78 is 33.4. The quantitative estimate of drug-likeness (QED) is 0.339. The van der Waals surface area contributed by atoms with Gasteiger partial charge in [0, 0.05) is 32.5 Å². The van der Waals surface area contributed by atoms with Crippen LogP contribution in [-0.4, -0.2) is 58.0 Å². The third-order valence-electron chi connectivity index (χ3n) is 3.50. The van der Waals surface area contributed by atoms with E-state index in [1.165, 1.54) is 6.92 Å². The Morgan fingerprint density at radius 3 is 1.74 bits per heavy atom. The smallest absolute Gasteiger partial charge is 0.191 e. The van der Waals surface area contributed by atoms with Gasteiger partial charge in [-0.15, -0.1) is 0 Å². The highest BCUT2D eigenvalue weighted by molar-refractivity contribution is 5.97. The van der Waals surface area contributed by atoms with Gasteiger partial charge in [-0.25, -0.2) is 0 Å². The van der Waals surface area contributed by atoms with E-state index in [1.807, 2.05) is 27.7 Å². The van der Waals surface area contributed by atoms with Gasteiger partial charge in [0.25, 0.3) is 0 Å². The summed E-state index contributed by atoms with van der Waals surface area (Å²) in [7, 11) is 0. The third-order valence-corrected chi connectivity index (χ3v) is 3.50. The minimum absolute atomic E-state index is 0.0950. The van der Waals surface area contributed by atoms with Crippen molar-refractivity contribution in [3.63, 3.8) is 0 Å². The molecule has 7 nitrogen and oxygen atoms in total. The van der Waals surface area contributed by atoms with Crippen molar-refractivity contribution in [2.75, 3.05) is 39.6 Å². The summed E-state index contributed by atoms with van der Waals surface area (Å²) in [6.45, 7) is 11.5. The van der Waals surface area contributed by atoms with Crippen LogP contribution in [0.3, 0.4) is 0 Å². The Bertz CT molecular complexity index is 535. The van der Waals surface area contributed by atoms with Gasteiger partial charge in [-0.2, -0.15) is 0 Å². The number of hydrogen-bond acceptors (Lipinski definition) is 7. The molecule has 0 aliphatic rings. The van der Waals surface area contributed by atoms with Gasteiger partial charge in [-0.1, -0.05) is 0 Å². The first-order valence-corrected chi connectivity index (χ1v) is 9.42. The van der Waals surface area contributed by atoms with Gasteiger partial charge < -0.3 is 28.4 Å². The van der Waals surface area contributed by atoms with Crippen LogP contribution < -0.4 is 9.47 Å². The number of benzene rings is 1. The van der Waals surface area contributed by atoms with E-state index >= 15 is 0 Å². The zero-order valence-electron chi connectivity index (χ0n) is 17.0. The average Bonchev–Trinajstić information content (AvgIpc) is 2.64. The molecule has 27 heavy (non-hydrogen) atoms. The van der Waals surface area contributed by atoms with Gasteiger partial charge in [0.15, 0.2) is 18.4 Å². The van der Waals surface area contributed by atoms with E-state index < -0.39 is 12.6 Å². The SMILES string of the molecule is CCOC(COc1ccc(C(C)=O)c(OCC(OCC)OCC)c1)OCC. The van der Waals surface area contributed by atoms with E-state index in [1.54, 1.807) is 18.2 Å². The number of carbonyl (C=O) groups is 1. The third kappa shape index (κ3) is 8.71. The van der Waals surface area contributed by atoms with E-state index in [-0.39, 0.29) is 19.0 Å². The highest BCUT2D eigenvalue weighted by Gasteiger charge is 2.15. The fourth-order valence-corrected chi connectivity index (χ4v) is 2.36. The van der Waals surface area contributed by atoms with Crippen molar-refractivity contribution in [1.29, 1.82) is 0 Å². The highest BCUT2D eigenvalue weighted by atomic mass is 16.7. The maximum Gasteiger partial charge on any atom is 0.191 e. The lowest BCUT2D eigenvalue weighted by atomic mass is 10.1. The first-order valence-electron chi connectivity index (χ1n) is 9.42. The molecule has 1 rings (SSSR count). The van der Waals surface area contributed by atoms with Gasteiger partial charge in [-0.05, 0) is 46.8 Å². The Morgan fingerprint density at radius 2 is 1.30 bits per heavy atom. The standard InChI is InChI=1S/C20H32O7/c1-6-22-19(23-7-2)13-26-16-10-11-17(15(5)21)18(12-16)27-14-20(24-8-3)25-9-4/h10-12,19-20H,6-9,13-14H2,1-5H3. The molecule has 0 N–H and O–H groups in total. The molecule has 154 valence electrons. The molecule has 1 aromatic carbocycles. The van der Waals surface area contributed by atoms with Crippen LogP contribution in [0, 0.1) is 0 Å². The number of ether oxygens (including phenoxy) is 6. The molecule has 0 amide bonds. The van der Waals surface area contributed by atoms with E-state index in [4.69, 9.17) is 28.4 Å². The van der Waals surface area contributed by atoms with Crippen LogP contribution in [0.2, 0.25) is 0 Å². The number of Topliss-reactive ketones (excluding diaryl/α,β-unsaturated/α-hetero) is 1. The minimum atomic E-state index is -0.496. The molecular weight excluding hydrogens is 352 g/mol. The van der Waals surface area contributed by atoms with Crippen molar-refractivity contribution < 1.29 is 33.2 Å². The van der Waals surface area contributed by atoms with E-state index in [0.29, 0.717) is 43.5 Å². The monoisotopic (exact) mass is 384 g/mol. The van der Waals surface area contributed by atoms with Gasteiger partial charge in [0.2, 0.25) is 0 Å². The van der Waals surface area contributed by atoms with Crippen molar-refractivity contribution in [2.24, 2.45) is 0 Å². The lowest BCUT2D eigenvalue weighted by Crippen LogP contribution is -2.26. The largest absolute Gasteiger partial charge is 0.488 e. The molecule has 0 saturated carbocycles. The van der Waals surface area contributed by atoms with Crippen LogP contribution in [0.25, 0.3) is 0 Å². The van der Waals surface area contributed by atoms with Crippen molar-refractivity contribution in [3.8, 4) is 11.5 Å². The zero-order chi connectivity index (χ0) is 20.1. The Kier molecular flexibility index (Phi) is 11.7. The summed E-state index contributed by atoms with van der Waals surface area (Å²) in [6.07, 6.45) is -0.943. The normalized spacial score (nSPS) is 11.2. The predicted molar refractivity (Wildman–Crippen MR) is 102 cm³/mol. The topological polar surface area (TPSA) is 72.5 Å². The Hall–Kier alpha value is -1.67. The van der Waals surface area contributed by atoms with Crippen LogP contribution in [0.15, 0.2) is 18.2 Å². The van der Waals surface area contributed by atoms with Crippen LogP contribution in [-0.2, 0) is 18.9 Å². The van der Waals surface area contributed by atoms with Gasteiger partial charge in [-0.3, -0.25) is 4.79 Å². The van der Waals surface area contributed by atoms with Crippen molar-refractivity contribution in [2.45, 2.75) is 47.2 Å². The second-order valence-electron chi connectivity index (χ2n) is 5.52. The van der Waals surface area contributed by atoms with E-state index in [9.17, 15) is 4.79 Å². The molecule has 0 heterocycles. The minimum Gasteiger partial charge on any atom is -0.488 e. The molecule has 0 aliphatic carbocycles. The summed E-state index contributed by atoms with van der Waals surface area (Å²) in [5, 5.41) is 0. The maximum absolute atomic E-state index is 11.9. The Morgan fingerprint density at radius 1 is 0.815 bits per heavy atom. The molecule has 0 aromatic heterocycles. The number of rotatable bonds is 15. The first-order chi connectivity index (χ1) is 13.0. The van der Waals surface area contributed by atoms with Crippen LogP contribution in [0.4, 0.5) is 0 Å². The van der Waals surface area contributed by atoms with Gasteiger partial charge >= 0.3 is 0 Å². The predicted octanol–water partition coefficient (Wildman–Crippen LogP) is 3.45. The molecule has 0 spiro atoms. The van der Waals surface area contributed by atoms with Gasteiger partial charge in [0.1, 0.15) is 24.7 Å². The first kappa shape index (κ1) is 23.4. The summed E-state index contributed by atoms with van der Waals surface area (Å²) in [5.74, 6) is 0.889. The van der Waals surface area contributed by atoms with Gasteiger partial charge in [0.05, 0.1) is 5.56 Å². The fraction of sp³-hybridized carbons (Fsp3) is 0.650. The number of carbonyl (C=O) groups excluding carboxylic acids is 1. The van der Waals surface area contributed by atoms with Crippen LogP contribution in [0.1, 0.15) is 45.0 Å².